The Morgan fingerprint density at radius 3 is 2.61 bits per heavy atom. The number of amides is 2. The van der Waals surface area contributed by atoms with Crippen molar-refractivity contribution in [1.29, 1.82) is 0 Å². The molecule has 2 aromatic carbocycles. The lowest BCUT2D eigenvalue weighted by molar-refractivity contribution is -0.384. The van der Waals surface area contributed by atoms with E-state index in [-0.39, 0.29) is 17.3 Å². The fraction of sp³-hybridized carbons (Fsp3) is 0.375. The van der Waals surface area contributed by atoms with Crippen molar-refractivity contribution in [2.45, 2.75) is 32.1 Å². The van der Waals surface area contributed by atoms with Gasteiger partial charge in [0.15, 0.2) is 6.61 Å². The molecule has 1 aliphatic carbocycles. The average molecular weight is 451 g/mol. The maximum Gasteiger partial charge on any atom is 0.310 e. The summed E-state index contributed by atoms with van der Waals surface area (Å²) in [5.41, 5.74) is 2.11. The zero-order chi connectivity index (χ0) is 23.4. The van der Waals surface area contributed by atoms with Crippen LogP contribution in [0, 0.1) is 22.0 Å². The van der Waals surface area contributed by atoms with Crippen LogP contribution < -0.4 is 10.2 Å². The summed E-state index contributed by atoms with van der Waals surface area (Å²) >= 11 is 0. The number of ether oxygens (including phenoxy) is 1. The van der Waals surface area contributed by atoms with Gasteiger partial charge < -0.3 is 15.0 Å². The number of esters is 1. The van der Waals surface area contributed by atoms with Gasteiger partial charge in [-0.25, -0.2) is 0 Å². The van der Waals surface area contributed by atoms with Gasteiger partial charge in [-0.15, -0.1) is 0 Å². The van der Waals surface area contributed by atoms with E-state index in [0.717, 1.165) is 30.5 Å². The van der Waals surface area contributed by atoms with Gasteiger partial charge in [0.05, 0.1) is 16.8 Å². The zero-order valence-corrected chi connectivity index (χ0v) is 18.1. The van der Waals surface area contributed by atoms with Gasteiger partial charge in [-0.2, -0.15) is 0 Å². The van der Waals surface area contributed by atoms with E-state index in [2.05, 4.69) is 5.32 Å². The van der Waals surface area contributed by atoms with Crippen LogP contribution in [0.2, 0.25) is 0 Å². The minimum Gasteiger partial charge on any atom is -0.455 e. The lowest BCUT2D eigenvalue weighted by atomic mass is 9.78. The lowest BCUT2D eigenvalue weighted by Crippen LogP contribution is -2.42. The highest BCUT2D eigenvalue weighted by atomic mass is 16.6. The molecule has 0 bridgehead atoms. The highest BCUT2D eigenvalue weighted by molar-refractivity contribution is 5.99. The number of carbonyl (C=O) groups excluding carboxylic acids is 3. The van der Waals surface area contributed by atoms with Gasteiger partial charge in [0.2, 0.25) is 5.91 Å². The van der Waals surface area contributed by atoms with Crippen molar-refractivity contribution in [3.63, 3.8) is 0 Å². The third kappa shape index (κ3) is 5.02. The molecular weight excluding hydrogens is 426 g/mol. The van der Waals surface area contributed by atoms with Gasteiger partial charge in [-0.1, -0.05) is 37.1 Å². The molecule has 0 aromatic heterocycles. The van der Waals surface area contributed by atoms with Crippen LogP contribution in [0.1, 0.15) is 31.2 Å². The van der Waals surface area contributed by atoms with Crippen molar-refractivity contribution >= 4 is 34.8 Å². The molecule has 33 heavy (non-hydrogen) atoms. The number of carbonyl (C=O) groups is 3. The second kappa shape index (κ2) is 9.81. The predicted octanol–water partition coefficient (Wildman–Crippen LogP) is 3.47. The first kappa shape index (κ1) is 22.4. The van der Waals surface area contributed by atoms with E-state index in [0.29, 0.717) is 19.4 Å². The van der Waals surface area contributed by atoms with E-state index in [9.17, 15) is 24.5 Å². The molecule has 2 atom stereocenters. The number of benzene rings is 2. The van der Waals surface area contributed by atoms with E-state index in [1.54, 1.807) is 4.90 Å². The molecule has 2 amide bonds. The predicted molar refractivity (Wildman–Crippen MR) is 121 cm³/mol. The molecule has 1 fully saturated rings. The molecule has 0 radical (unpaired) electrons. The van der Waals surface area contributed by atoms with Crippen molar-refractivity contribution in [1.82, 2.24) is 0 Å². The Labute approximate surface area is 190 Å². The third-order valence-electron chi connectivity index (χ3n) is 6.23. The van der Waals surface area contributed by atoms with E-state index >= 15 is 0 Å². The molecule has 1 heterocycles. The Bertz CT molecular complexity index is 1090. The number of nitro groups is 1. The van der Waals surface area contributed by atoms with Gasteiger partial charge in [-0.05, 0) is 37.0 Å². The van der Waals surface area contributed by atoms with Crippen molar-refractivity contribution in [3.8, 4) is 0 Å². The first-order valence-electron chi connectivity index (χ1n) is 11.0. The first-order chi connectivity index (χ1) is 15.9. The molecule has 9 nitrogen and oxygen atoms in total. The molecule has 172 valence electrons. The largest absolute Gasteiger partial charge is 0.455 e. The van der Waals surface area contributed by atoms with Crippen LogP contribution in [-0.2, 0) is 25.5 Å². The van der Waals surface area contributed by atoms with Crippen LogP contribution in [-0.4, -0.2) is 35.9 Å². The topological polar surface area (TPSA) is 119 Å². The van der Waals surface area contributed by atoms with Crippen LogP contribution in [0.4, 0.5) is 17.1 Å². The molecule has 4 rings (SSSR count). The third-order valence-corrected chi connectivity index (χ3v) is 6.23. The lowest BCUT2D eigenvalue weighted by Gasteiger charge is -2.32. The van der Waals surface area contributed by atoms with Crippen molar-refractivity contribution in [3.05, 3.63) is 64.2 Å². The fourth-order valence-electron chi connectivity index (χ4n) is 4.61. The molecule has 1 saturated carbocycles. The number of nitro benzene ring substituents is 1. The number of rotatable bonds is 6. The molecule has 1 aliphatic heterocycles. The number of hydrogen-bond acceptors (Lipinski definition) is 6. The van der Waals surface area contributed by atoms with Gasteiger partial charge in [0.25, 0.3) is 11.6 Å². The summed E-state index contributed by atoms with van der Waals surface area (Å²) in [6, 6.07) is 13.3. The molecular formula is C24H25N3O6. The van der Waals surface area contributed by atoms with Crippen LogP contribution in [0.25, 0.3) is 0 Å². The van der Waals surface area contributed by atoms with E-state index in [1.165, 1.54) is 24.3 Å². The van der Waals surface area contributed by atoms with Crippen LogP contribution in [0.15, 0.2) is 48.5 Å². The molecule has 2 aliphatic rings. The summed E-state index contributed by atoms with van der Waals surface area (Å²) in [5, 5.41) is 13.4. The van der Waals surface area contributed by atoms with Crippen molar-refractivity contribution in [2.75, 3.05) is 23.4 Å². The average Bonchev–Trinajstić information content (AvgIpc) is 3.26. The zero-order valence-electron chi connectivity index (χ0n) is 18.1. The molecule has 0 spiro atoms. The molecule has 9 heteroatoms. The SMILES string of the molecule is O=C(COC(=O)C1CCCCC1C(=O)N1CCc2ccccc21)Nc1cccc([N+](=O)[O-])c1. The normalized spacial score (nSPS) is 19.5. The number of nitrogens with zero attached hydrogens (tertiary/aromatic N) is 2. The van der Waals surface area contributed by atoms with Crippen LogP contribution in [0.5, 0.6) is 0 Å². The van der Waals surface area contributed by atoms with E-state index in [4.69, 9.17) is 4.74 Å². The monoisotopic (exact) mass is 451 g/mol. The minimum atomic E-state index is -0.601. The summed E-state index contributed by atoms with van der Waals surface area (Å²) in [6.07, 6.45) is 3.62. The highest BCUT2D eigenvalue weighted by Gasteiger charge is 2.40. The van der Waals surface area contributed by atoms with Crippen LogP contribution >= 0.6 is 0 Å². The number of para-hydroxylation sites is 1. The first-order valence-corrected chi connectivity index (χ1v) is 11.0. The van der Waals surface area contributed by atoms with Gasteiger partial charge in [0.1, 0.15) is 0 Å². The smallest absolute Gasteiger partial charge is 0.310 e. The Balaban J connectivity index is 1.36. The van der Waals surface area contributed by atoms with Crippen molar-refractivity contribution < 1.29 is 24.0 Å². The quantitative estimate of drug-likeness (QED) is 0.408. The maximum atomic E-state index is 13.3. The van der Waals surface area contributed by atoms with E-state index in [1.807, 2.05) is 24.3 Å². The second-order valence-electron chi connectivity index (χ2n) is 8.33. The van der Waals surface area contributed by atoms with E-state index < -0.39 is 35.2 Å². The second-order valence-corrected chi connectivity index (χ2v) is 8.33. The Hall–Kier alpha value is -3.75. The minimum absolute atomic E-state index is 0.0670. The van der Waals surface area contributed by atoms with Crippen LogP contribution in [0.3, 0.4) is 0 Å². The standard InChI is InChI=1S/C24H25N3O6/c28-22(25-17-7-5-8-18(14-17)27(31)32)15-33-24(30)20-10-3-2-9-19(20)23(29)26-13-12-16-6-1-4-11-21(16)26/h1,4-8,11,14,19-20H,2-3,9-10,12-13,15H2,(H,25,28). The Morgan fingerprint density at radius 1 is 1.06 bits per heavy atom. The molecule has 2 aromatic rings. The Kier molecular flexibility index (Phi) is 6.67. The number of hydrogen-bond donors (Lipinski definition) is 1. The number of anilines is 2. The van der Waals surface area contributed by atoms with Gasteiger partial charge >= 0.3 is 5.97 Å². The summed E-state index contributed by atoms with van der Waals surface area (Å²) in [6.45, 7) is 0.0769. The Morgan fingerprint density at radius 2 is 1.82 bits per heavy atom. The number of fused-ring (bicyclic) bond motifs is 1. The fourth-order valence-corrected chi connectivity index (χ4v) is 4.61. The molecule has 0 saturated heterocycles. The number of nitrogens with one attached hydrogen (secondary N) is 1. The molecule has 2 unspecified atom stereocenters. The number of non-ortho nitro benzene ring substituents is 1. The van der Waals surface area contributed by atoms with Gasteiger partial charge in [0, 0.05) is 30.1 Å². The van der Waals surface area contributed by atoms with Gasteiger partial charge in [-0.3, -0.25) is 24.5 Å². The summed E-state index contributed by atoms with van der Waals surface area (Å²) in [7, 11) is 0. The van der Waals surface area contributed by atoms with Crippen molar-refractivity contribution in [2.24, 2.45) is 11.8 Å². The summed E-state index contributed by atoms with van der Waals surface area (Å²) in [4.78, 5) is 50.4. The maximum absolute atomic E-state index is 13.3. The summed E-state index contributed by atoms with van der Waals surface area (Å²) in [5.74, 6) is -2.30. The highest BCUT2D eigenvalue weighted by Crippen LogP contribution is 2.36. The molecule has 1 N–H and O–H groups in total. The summed E-state index contributed by atoms with van der Waals surface area (Å²) < 4.78 is 5.25.